The fraction of sp³-hybridized carbons (Fsp3) is 0.385. The van der Waals surface area contributed by atoms with Gasteiger partial charge in [0.15, 0.2) is 5.84 Å². The molecule has 0 saturated carbocycles. The van der Waals surface area contributed by atoms with E-state index in [4.69, 9.17) is 15.7 Å². The smallest absolute Gasteiger partial charge is 0.232 e. The Kier molecular flexibility index (Phi) is 4.01. The molecule has 1 atom stereocenters. The number of rotatable bonds is 3. The van der Waals surface area contributed by atoms with Crippen LogP contribution in [-0.4, -0.2) is 37.2 Å². The summed E-state index contributed by atoms with van der Waals surface area (Å²) < 4.78 is 5.22. The van der Waals surface area contributed by atoms with Gasteiger partial charge >= 0.3 is 0 Å². The van der Waals surface area contributed by atoms with Crippen molar-refractivity contribution < 1.29 is 14.7 Å². The number of benzene rings is 1. The van der Waals surface area contributed by atoms with Crippen molar-refractivity contribution >= 4 is 17.4 Å². The van der Waals surface area contributed by atoms with Gasteiger partial charge in [0.05, 0.1) is 12.5 Å². The third kappa shape index (κ3) is 2.85. The summed E-state index contributed by atoms with van der Waals surface area (Å²) in [7, 11) is 1.71. The highest BCUT2D eigenvalue weighted by Gasteiger charge is 2.27. The molecule has 3 N–H and O–H groups in total. The standard InChI is InChI=1S/C13H17N3O3/c1-16(13(17)10-5-6-19-8-10)11-4-2-3-9(7-11)12(14)15-18/h2-4,7,10,18H,5-6,8H2,1H3,(H2,14,15). The number of anilines is 1. The summed E-state index contributed by atoms with van der Waals surface area (Å²) in [6.07, 6.45) is 0.753. The Morgan fingerprint density at radius 1 is 1.58 bits per heavy atom. The number of carbonyl (C=O) groups excluding carboxylic acids is 1. The number of amides is 1. The quantitative estimate of drug-likeness (QED) is 0.365. The van der Waals surface area contributed by atoms with Crippen LogP contribution in [0.25, 0.3) is 0 Å². The zero-order chi connectivity index (χ0) is 13.8. The predicted molar refractivity (Wildman–Crippen MR) is 71.3 cm³/mol. The zero-order valence-corrected chi connectivity index (χ0v) is 10.7. The minimum atomic E-state index is -0.0856. The summed E-state index contributed by atoms with van der Waals surface area (Å²) in [5, 5.41) is 11.6. The molecule has 0 aromatic heterocycles. The normalized spacial score (nSPS) is 19.4. The van der Waals surface area contributed by atoms with Gasteiger partial charge in [0.1, 0.15) is 0 Å². The molecule has 1 amide bonds. The summed E-state index contributed by atoms with van der Waals surface area (Å²) in [5.74, 6) is -0.0430. The van der Waals surface area contributed by atoms with Crippen molar-refractivity contribution in [2.24, 2.45) is 16.8 Å². The van der Waals surface area contributed by atoms with Gasteiger partial charge < -0.3 is 20.6 Å². The first-order chi connectivity index (χ1) is 9.13. The van der Waals surface area contributed by atoms with Crippen molar-refractivity contribution in [2.45, 2.75) is 6.42 Å². The molecule has 1 unspecified atom stereocenters. The summed E-state index contributed by atoms with van der Waals surface area (Å²) in [5.41, 5.74) is 6.82. The highest BCUT2D eigenvalue weighted by atomic mass is 16.5. The number of nitrogens with zero attached hydrogens (tertiary/aromatic N) is 2. The first-order valence-corrected chi connectivity index (χ1v) is 6.06. The number of oxime groups is 1. The van der Waals surface area contributed by atoms with Gasteiger partial charge in [-0.25, -0.2) is 0 Å². The highest BCUT2D eigenvalue weighted by molar-refractivity contribution is 6.00. The van der Waals surface area contributed by atoms with Crippen LogP contribution < -0.4 is 10.6 Å². The van der Waals surface area contributed by atoms with Crippen molar-refractivity contribution in [1.29, 1.82) is 0 Å². The van der Waals surface area contributed by atoms with Crippen molar-refractivity contribution in [3.8, 4) is 0 Å². The molecule has 1 saturated heterocycles. The van der Waals surface area contributed by atoms with Crippen molar-refractivity contribution in [1.82, 2.24) is 0 Å². The molecule has 1 aliphatic heterocycles. The minimum Gasteiger partial charge on any atom is -0.409 e. The van der Waals surface area contributed by atoms with Crippen LogP contribution in [0.2, 0.25) is 0 Å². The third-order valence-corrected chi connectivity index (χ3v) is 3.25. The molecule has 102 valence electrons. The first kappa shape index (κ1) is 13.4. The van der Waals surface area contributed by atoms with E-state index >= 15 is 0 Å². The maximum absolute atomic E-state index is 12.2. The molecule has 0 spiro atoms. The zero-order valence-electron chi connectivity index (χ0n) is 10.7. The van der Waals surface area contributed by atoms with E-state index in [2.05, 4.69) is 5.16 Å². The molecule has 1 aliphatic rings. The number of hydrogen-bond acceptors (Lipinski definition) is 4. The summed E-state index contributed by atoms with van der Waals surface area (Å²) >= 11 is 0. The molecule has 0 bridgehead atoms. The van der Waals surface area contributed by atoms with E-state index in [0.29, 0.717) is 24.5 Å². The molecule has 0 radical (unpaired) electrons. The topological polar surface area (TPSA) is 88.2 Å². The number of hydrogen-bond donors (Lipinski definition) is 2. The van der Waals surface area contributed by atoms with Gasteiger partial charge in [0.25, 0.3) is 0 Å². The second kappa shape index (κ2) is 5.71. The summed E-state index contributed by atoms with van der Waals surface area (Å²) in [4.78, 5) is 13.8. The minimum absolute atomic E-state index is 0.0203. The summed E-state index contributed by atoms with van der Waals surface area (Å²) in [6, 6.07) is 7.00. The van der Waals surface area contributed by atoms with Crippen molar-refractivity contribution in [2.75, 3.05) is 25.2 Å². The van der Waals surface area contributed by atoms with Gasteiger partial charge in [-0.1, -0.05) is 17.3 Å². The molecule has 2 rings (SSSR count). The molecule has 1 aromatic carbocycles. The third-order valence-electron chi connectivity index (χ3n) is 3.25. The largest absolute Gasteiger partial charge is 0.409 e. The highest BCUT2D eigenvalue weighted by Crippen LogP contribution is 2.21. The lowest BCUT2D eigenvalue weighted by atomic mass is 10.1. The Hall–Kier alpha value is -2.08. The lowest BCUT2D eigenvalue weighted by Crippen LogP contribution is -2.33. The van der Waals surface area contributed by atoms with Gasteiger partial charge in [0.2, 0.25) is 5.91 Å². The lowest BCUT2D eigenvalue weighted by Gasteiger charge is -2.20. The van der Waals surface area contributed by atoms with E-state index < -0.39 is 0 Å². The average Bonchev–Trinajstić information content (AvgIpc) is 2.99. The molecular weight excluding hydrogens is 246 g/mol. The number of nitrogens with two attached hydrogens (primary N) is 1. The monoisotopic (exact) mass is 263 g/mol. The second-order valence-electron chi connectivity index (χ2n) is 4.49. The van der Waals surface area contributed by atoms with E-state index in [1.165, 1.54) is 0 Å². The Morgan fingerprint density at radius 3 is 3.00 bits per heavy atom. The first-order valence-electron chi connectivity index (χ1n) is 6.06. The Morgan fingerprint density at radius 2 is 2.37 bits per heavy atom. The molecular formula is C13H17N3O3. The van der Waals surface area contributed by atoms with E-state index in [-0.39, 0.29) is 17.7 Å². The van der Waals surface area contributed by atoms with Crippen LogP contribution in [-0.2, 0) is 9.53 Å². The fourth-order valence-corrected chi connectivity index (χ4v) is 2.06. The SMILES string of the molecule is CN(C(=O)C1CCOC1)c1cccc(C(N)=NO)c1. The van der Waals surface area contributed by atoms with E-state index in [1.54, 1.807) is 30.1 Å². The maximum Gasteiger partial charge on any atom is 0.232 e. The van der Waals surface area contributed by atoms with Crippen LogP contribution >= 0.6 is 0 Å². The van der Waals surface area contributed by atoms with Gasteiger partial charge in [-0.05, 0) is 18.6 Å². The van der Waals surface area contributed by atoms with Gasteiger partial charge in [-0.3, -0.25) is 4.79 Å². The van der Waals surface area contributed by atoms with Crippen LogP contribution in [0.1, 0.15) is 12.0 Å². The molecule has 0 aliphatic carbocycles. The van der Waals surface area contributed by atoms with Crippen LogP contribution in [0.3, 0.4) is 0 Å². The van der Waals surface area contributed by atoms with E-state index in [1.807, 2.05) is 6.07 Å². The summed E-state index contributed by atoms with van der Waals surface area (Å²) in [6.45, 7) is 1.11. The number of ether oxygens (including phenoxy) is 1. The van der Waals surface area contributed by atoms with Crippen LogP contribution in [0.4, 0.5) is 5.69 Å². The molecule has 1 fully saturated rings. The lowest BCUT2D eigenvalue weighted by molar-refractivity contribution is -0.122. The van der Waals surface area contributed by atoms with Gasteiger partial charge in [0, 0.05) is 24.9 Å². The molecule has 6 heteroatoms. The van der Waals surface area contributed by atoms with Gasteiger partial charge in [-0.15, -0.1) is 0 Å². The van der Waals surface area contributed by atoms with Gasteiger partial charge in [-0.2, -0.15) is 0 Å². The predicted octanol–water partition coefficient (Wildman–Crippen LogP) is 0.780. The molecule has 1 aromatic rings. The second-order valence-corrected chi connectivity index (χ2v) is 4.49. The molecule has 19 heavy (non-hydrogen) atoms. The van der Waals surface area contributed by atoms with Crippen LogP contribution in [0.5, 0.6) is 0 Å². The van der Waals surface area contributed by atoms with Crippen molar-refractivity contribution in [3.05, 3.63) is 29.8 Å². The Labute approximate surface area is 111 Å². The average molecular weight is 263 g/mol. The number of carbonyl (C=O) groups is 1. The van der Waals surface area contributed by atoms with E-state index in [0.717, 1.165) is 6.42 Å². The fourth-order valence-electron chi connectivity index (χ4n) is 2.06. The maximum atomic E-state index is 12.2. The molecule has 1 heterocycles. The Bertz CT molecular complexity index is 496. The molecule has 6 nitrogen and oxygen atoms in total. The van der Waals surface area contributed by atoms with E-state index in [9.17, 15) is 4.79 Å². The van der Waals surface area contributed by atoms with Crippen LogP contribution in [0, 0.1) is 5.92 Å². The van der Waals surface area contributed by atoms with Crippen molar-refractivity contribution in [3.63, 3.8) is 0 Å². The number of amidine groups is 1. The van der Waals surface area contributed by atoms with Crippen LogP contribution in [0.15, 0.2) is 29.4 Å². The Balaban J connectivity index is 2.18.